The normalized spacial score (nSPS) is 21.2. The highest BCUT2D eigenvalue weighted by atomic mass is 32.2. The molecule has 0 aromatic rings. The third-order valence-electron chi connectivity index (χ3n) is 1.72. The molecular weight excluding hydrogens is 210 g/mol. The molecule has 1 rings (SSSR count). The Bertz CT molecular complexity index is 462. The van der Waals surface area contributed by atoms with Crippen molar-refractivity contribution in [1.29, 1.82) is 0 Å². The summed E-state index contributed by atoms with van der Waals surface area (Å²) in [5.74, 6) is -1.85. The number of aliphatic hydroxyl groups is 1. The zero-order valence-electron chi connectivity index (χ0n) is 6.84. The molecule has 0 amide bonds. The molecule has 0 saturated heterocycles. The predicted molar refractivity (Wildman–Crippen MR) is 48.3 cm³/mol. The van der Waals surface area contributed by atoms with Gasteiger partial charge >= 0.3 is 5.97 Å². The molecule has 0 heterocycles. The topological polar surface area (TPSA) is 118 Å². The van der Waals surface area contributed by atoms with E-state index in [4.69, 9.17) is 15.9 Å². The summed E-state index contributed by atoms with van der Waals surface area (Å²) in [5.41, 5.74) is 5.06. The van der Waals surface area contributed by atoms with Crippen molar-refractivity contribution in [3.05, 3.63) is 23.5 Å². The molecule has 76 valence electrons. The van der Waals surface area contributed by atoms with Crippen molar-refractivity contribution in [3.8, 4) is 0 Å². The molecular formula is C7H7NO5S. The van der Waals surface area contributed by atoms with E-state index in [0.29, 0.717) is 0 Å². The number of carboxylic acids is 1. The van der Waals surface area contributed by atoms with Crippen molar-refractivity contribution in [1.82, 2.24) is 0 Å². The van der Waals surface area contributed by atoms with Crippen LogP contribution in [0.25, 0.3) is 0 Å². The maximum absolute atomic E-state index is 10.6. The minimum atomic E-state index is -2.73. The zero-order valence-corrected chi connectivity index (χ0v) is 7.65. The highest BCUT2D eigenvalue weighted by Crippen LogP contribution is 2.13. The highest BCUT2D eigenvalue weighted by molar-refractivity contribution is 7.73. The number of allylic oxidation sites excluding steroid dienone is 2. The van der Waals surface area contributed by atoms with E-state index < -0.39 is 32.9 Å². The number of nitrogens with two attached hydrogens (primary N) is 1. The number of aliphatic carboxylic acids is 1. The molecule has 0 aromatic carbocycles. The third-order valence-corrected chi connectivity index (χ3v) is 2.54. The molecule has 0 aromatic heterocycles. The van der Waals surface area contributed by atoms with E-state index in [9.17, 15) is 13.2 Å². The molecule has 1 unspecified atom stereocenters. The Balaban J connectivity index is 3.36. The van der Waals surface area contributed by atoms with E-state index in [-0.39, 0.29) is 5.57 Å². The van der Waals surface area contributed by atoms with E-state index >= 15 is 0 Å². The summed E-state index contributed by atoms with van der Waals surface area (Å²) >= 11 is 0. The van der Waals surface area contributed by atoms with Crippen LogP contribution in [-0.2, 0) is 15.1 Å². The summed E-state index contributed by atoms with van der Waals surface area (Å²) in [6.45, 7) is 0. The Morgan fingerprint density at radius 3 is 2.43 bits per heavy atom. The lowest BCUT2D eigenvalue weighted by Gasteiger charge is -2.15. The van der Waals surface area contributed by atoms with Crippen LogP contribution in [0.3, 0.4) is 0 Å². The van der Waals surface area contributed by atoms with Gasteiger partial charge in [0.1, 0.15) is 10.6 Å². The van der Waals surface area contributed by atoms with Crippen LogP contribution in [0.1, 0.15) is 0 Å². The second kappa shape index (κ2) is 3.64. The Labute approximate surface area is 80.5 Å². The number of carboxylic acid groups (broad SMARTS) is 1. The van der Waals surface area contributed by atoms with Gasteiger partial charge in [-0.3, -0.25) is 0 Å². The van der Waals surface area contributed by atoms with Crippen LogP contribution in [-0.4, -0.2) is 35.5 Å². The molecule has 0 spiro atoms. The summed E-state index contributed by atoms with van der Waals surface area (Å²) < 4.78 is 21.2. The lowest BCUT2D eigenvalue weighted by molar-refractivity contribution is -0.132. The van der Waals surface area contributed by atoms with Gasteiger partial charge in [-0.05, 0) is 12.2 Å². The maximum atomic E-state index is 10.6. The fraction of sp³-hybridized carbons (Fsp3) is 0.143. The first-order valence-corrected chi connectivity index (χ1v) is 4.59. The van der Waals surface area contributed by atoms with Crippen molar-refractivity contribution in [3.63, 3.8) is 0 Å². The van der Waals surface area contributed by atoms with Crippen LogP contribution in [0.5, 0.6) is 0 Å². The summed E-state index contributed by atoms with van der Waals surface area (Å²) in [6, 6.07) is -1.32. The van der Waals surface area contributed by atoms with Crippen LogP contribution in [0.2, 0.25) is 0 Å². The van der Waals surface area contributed by atoms with Crippen LogP contribution in [0, 0.1) is 0 Å². The van der Waals surface area contributed by atoms with E-state index in [0.717, 1.165) is 12.2 Å². The Morgan fingerprint density at radius 2 is 2.00 bits per heavy atom. The molecule has 0 bridgehead atoms. The first-order chi connectivity index (χ1) is 6.45. The Kier molecular flexibility index (Phi) is 2.73. The SMILES string of the molecule is NC1C(C(=O)O)=CC=C(O)C1=S(=O)=O. The van der Waals surface area contributed by atoms with Gasteiger partial charge in [0, 0.05) is 0 Å². The molecule has 7 heteroatoms. The van der Waals surface area contributed by atoms with Gasteiger partial charge in [0.05, 0.1) is 11.6 Å². The standard InChI is InChI=1S/C7H7NO5S/c8-5-3(7(10)11)1-2-4(9)6(5)14(12)13/h1-2,5,9H,8H2,(H,10,11). The highest BCUT2D eigenvalue weighted by Gasteiger charge is 2.28. The van der Waals surface area contributed by atoms with Crippen LogP contribution in [0.15, 0.2) is 23.5 Å². The molecule has 0 fully saturated rings. The number of carbonyl (C=O) groups is 1. The van der Waals surface area contributed by atoms with Gasteiger partial charge < -0.3 is 15.9 Å². The van der Waals surface area contributed by atoms with Crippen molar-refractivity contribution in [2.24, 2.45) is 5.73 Å². The van der Waals surface area contributed by atoms with Crippen molar-refractivity contribution < 1.29 is 23.4 Å². The summed E-state index contributed by atoms with van der Waals surface area (Å²) in [5, 5.41) is 17.7. The van der Waals surface area contributed by atoms with Crippen LogP contribution >= 0.6 is 0 Å². The number of hydrogen-bond donors (Lipinski definition) is 3. The second-order valence-corrected chi connectivity index (χ2v) is 3.46. The lowest BCUT2D eigenvalue weighted by atomic mass is 9.98. The fourth-order valence-electron chi connectivity index (χ4n) is 1.05. The molecule has 14 heavy (non-hydrogen) atoms. The average Bonchev–Trinajstić information content (AvgIpc) is 2.02. The van der Waals surface area contributed by atoms with E-state index in [2.05, 4.69) is 0 Å². The molecule has 0 aliphatic heterocycles. The largest absolute Gasteiger partial charge is 0.507 e. The van der Waals surface area contributed by atoms with Gasteiger partial charge in [0.25, 0.3) is 0 Å². The molecule has 4 N–H and O–H groups in total. The van der Waals surface area contributed by atoms with Crippen LogP contribution in [0.4, 0.5) is 0 Å². The predicted octanol–water partition coefficient (Wildman–Crippen LogP) is -1.17. The molecule has 1 atom stereocenters. The molecule has 1 aliphatic rings. The first kappa shape index (κ1) is 10.5. The van der Waals surface area contributed by atoms with E-state index in [1.807, 2.05) is 0 Å². The monoisotopic (exact) mass is 217 g/mol. The van der Waals surface area contributed by atoms with Gasteiger partial charge in [-0.25, -0.2) is 4.79 Å². The lowest BCUT2D eigenvalue weighted by Crippen LogP contribution is -2.38. The van der Waals surface area contributed by atoms with Gasteiger partial charge in [0.15, 0.2) is 0 Å². The van der Waals surface area contributed by atoms with Crippen LogP contribution < -0.4 is 5.73 Å². The molecule has 1 aliphatic carbocycles. The van der Waals surface area contributed by atoms with Gasteiger partial charge in [-0.15, -0.1) is 0 Å². The van der Waals surface area contributed by atoms with Crippen molar-refractivity contribution >= 4 is 21.1 Å². The van der Waals surface area contributed by atoms with Gasteiger partial charge in [-0.2, -0.15) is 8.42 Å². The maximum Gasteiger partial charge on any atom is 0.333 e. The molecule has 0 radical (unpaired) electrons. The van der Waals surface area contributed by atoms with Gasteiger partial charge in [-0.1, -0.05) is 0 Å². The summed E-state index contributed by atoms with van der Waals surface area (Å²) in [7, 11) is -2.73. The molecule has 6 nitrogen and oxygen atoms in total. The smallest absolute Gasteiger partial charge is 0.333 e. The Hall–Kier alpha value is -1.60. The van der Waals surface area contributed by atoms with E-state index in [1.54, 1.807) is 0 Å². The summed E-state index contributed by atoms with van der Waals surface area (Å²) in [4.78, 5) is 10.1. The zero-order chi connectivity index (χ0) is 10.9. The van der Waals surface area contributed by atoms with Crippen molar-refractivity contribution in [2.75, 3.05) is 0 Å². The quantitative estimate of drug-likeness (QED) is 0.476. The minimum Gasteiger partial charge on any atom is -0.507 e. The third kappa shape index (κ3) is 1.68. The first-order valence-electron chi connectivity index (χ1n) is 3.51. The average molecular weight is 217 g/mol. The Morgan fingerprint density at radius 1 is 1.43 bits per heavy atom. The van der Waals surface area contributed by atoms with Gasteiger partial charge in [0.2, 0.25) is 10.3 Å². The number of rotatable bonds is 1. The second-order valence-electron chi connectivity index (χ2n) is 2.56. The number of hydrogen-bond acceptors (Lipinski definition) is 5. The minimum absolute atomic E-state index is 0.276. The van der Waals surface area contributed by atoms with Crippen molar-refractivity contribution in [2.45, 2.75) is 6.04 Å². The fourth-order valence-corrected chi connectivity index (χ4v) is 1.62. The molecule has 0 saturated carbocycles. The van der Waals surface area contributed by atoms with E-state index in [1.165, 1.54) is 0 Å². The number of aliphatic hydroxyl groups excluding tert-OH is 1. The summed E-state index contributed by atoms with van der Waals surface area (Å²) in [6.07, 6.45) is 2.05.